The molecule has 6 nitrogen and oxygen atoms in total. The average molecular weight is 278 g/mol. The first-order valence-corrected chi connectivity index (χ1v) is 6.96. The Labute approximate surface area is 106 Å². The Hall–Kier alpha value is -1.21. The van der Waals surface area contributed by atoms with Gasteiger partial charge in [0.2, 0.25) is 5.82 Å². The Balaban J connectivity index is 2.65. The molecule has 0 aliphatic carbocycles. The van der Waals surface area contributed by atoms with Crippen LogP contribution in [0.1, 0.15) is 6.42 Å². The Morgan fingerprint density at radius 1 is 1.59 bits per heavy atom. The third-order valence-corrected chi connectivity index (χ3v) is 3.01. The first kappa shape index (κ1) is 13.9. The summed E-state index contributed by atoms with van der Waals surface area (Å²) in [7, 11) is -0.862. The molecule has 0 amide bonds. The van der Waals surface area contributed by atoms with Gasteiger partial charge in [-0.15, -0.1) is 0 Å². The van der Waals surface area contributed by atoms with Crippen LogP contribution in [-0.2, 0) is 10.8 Å². The predicted octanol–water partition coefficient (Wildman–Crippen LogP) is 1.82. The van der Waals surface area contributed by atoms with Gasteiger partial charge in [-0.25, -0.2) is 4.98 Å². The van der Waals surface area contributed by atoms with Gasteiger partial charge in [0.05, 0.1) is 4.92 Å². The Morgan fingerprint density at radius 2 is 2.29 bits per heavy atom. The van der Waals surface area contributed by atoms with E-state index in [9.17, 15) is 14.3 Å². The largest absolute Gasteiger partial charge is 0.364 e. The summed E-state index contributed by atoms with van der Waals surface area (Å²) in [5, 5.41) is 13.7. The number of nitrogens with zero attached hydrogens (tertiary/aromatic N) is 2. The maximum Gasteiger partial charge on any atom is 0.311 e. The number of halogens is 1. The van der Waals surface area contributed by atoms with Crippen LogP contribution in [0.15, 0.2) is 12.1 Å². The van der Waals surface area contributed by atoms with Crippen LogP contribution in [0.3, 0.4) is 0 Å². The predicted molar refractivity (Wildman–Crippen MR) is 67.9 cm³/mol. The van der Waals surface area contributed by atoms with Crippen molar-refractivity contribution in [2.24, 2.45) is 0 Å². The van der Waals surface area contributed by atoms with Gasteiger partial charge < -0.3 is 5.32 Å². The van der Waals surface area contributed by atoms with Gasteiger partial charge in [0.25, 0.3) is 0 Å². The zero-order valence-corrected chi connectivity index (χ0v) is 10.8. The van der Waals surface area contributed by atoms with Gasteiger partial charge in [0.15, 0.2) is 0 Å². The SMILES string of the molecule is CS(=O)CCCNc1nc(Cl)ccc1[N+](=O)[O-]. The molecule has 0 aromatic carbocycles. The molecule has 8 heteroatoms. The second kappa shape index (κ2) is 6.51. The molecule has 1 aromatic rings. The fourth-order valence-corrected chi connectivity index (χ4v) is 1.89. The van der Waals surface area contributed by atoms with Crippen molar-refractivity contribution in [3.05, 3.63) is 27.4 Å². The fourth-order valence-electron chi connectivity index (χ4n) is 1.19. The van der Waals surface area contributed by atoms with Crippen molar-refractivity contribution in [2.45, 2.75) is 6.42 Å². The van der Waals surface area contributed by atoms with Crippen LogP contribution >= 0.6 is 11.6 Å². The molecule has 0 fully saturated rings. The first-order chi connectivity index (χ1) is 8.00. The molecule has 0 saturated carbocycles. The van der Waals surface area contributed by atoms with E-state index in [4.69, 9.17) is 11.6 Å². The number of rotatable bonds is 6. The van der Waals surface area contributed by atoms with E-state index in [0.717, 1.165) is 0 Å². The molecule has 1 heterocycles. The Kier molecular flexibility index (Phi) is 5.30. The summed E-state index contributed by atoms with van der Waals surface area (Å²) in [6, 6.07) is 2.67. The summed E-state index contributed by atoms with van der Waals surface area (Å²) in [6.45, 7) is 0.466. The number of hydrogen-bond donors (Lipinski definition) is 1. The minimum Gasteiger partial charge on any atom is -0.364 e. The van der Waals surface area contributed by atoms with Crippen molar-refractivity contribution in [1.82, 2.24) is 4.98 Å². The lowest BCUT2D eigenvalue weighted by Gasteiger charge is -2.05. The van der Waals surface area contributed by atoms with Crippen molar-refractivity contribution < 1.29 is 9.13 Å². The topological polar surface area (TPSA) is 85.1 Å². The lowest BCUT2D eigenvalue weighted by Crippen LogP contribution is -2.09. The molecule has 1 N–H and O–H groups in total. The van der Waals surface area contributed by atoms with Crippen LogP contribution < -0.4 is 5.32 Å². The van der Waals surface area contributed by atoms with Gasteiger partial charge in [0.1, 0.15) is 5.15 Å². The molecule has 1 aromatic heterocycles. The zero-order chi connectivity index (χ0) is 12.8. The smallest absolute Gasteiger partial charge is 0.311 e. The molecule has 0 radical (unpaired) electrons. The van der Waals surface area contributed by atoms with Gasteiger partial charge in [-0.1, -0.05) is 11.6 Å². The van der Waals surface area contributed by atoms with Crippen LogP contribution in [0.2, 0.25) is 5.15 Å². The number of hydrogen-bond acceptors (Lipinski definition) is 5. The highest BCUT2D eigenvalue weighted by molar-refractivity contribution is 7.84. The monoisotopic (exact) mass is 277 g/mol. The number of pyridine rings is 1. The van der Waals surface area contributed by atoms with E-state index in [2.05, 4.69) is 10.3 Å². The van der Waals surface area contributed by atoms with Crippen LogP contribution in [0.5, 0.6) is 0 Å². The van der Waals surface area contributed by atoms with Crippen LogP contribution in [0.4, 0.5) is 11.5 Å². The average Bonchev–Trinajstić information content (AvgIpc) is 2.23. The molecule has 0 spiro atoms. The molecule has 1 atom stereocenters. The van der Waals surface area contributed by atoms with Gasteiger partial charge in [-0.3, -0.25) is 14.3 Å². The quantitative estimate of drug-likeness (QED) is 0.371. The maximum absolute atomic E-state index is 10.8. The molecule has 17 heavy (non-hydrogen) atoms. The van der Waals surface area contributed by atoms with Crippen molar-refractivity contribution in [2.75, 3.05) is 23.9 Å². The second-order valence-corrected chi connectivity index (χ2v) is 5.26. The van der Waals surface area contributed by atoms with E-state index in [1.165, 1.54) is 12.1 Å². The van der Waals surface area contributed by atoms with Crippen LogP contribution in [0.25, 0.3) is 0 Å². The van der Waals surface area contributed by atoms with Crippen molar-refractivity contribution in [3.63, 3.8) is 0 Å². The third-order valence-electron chi connectivity index (χ3n) is 1.94. The minimum absolute atomic E-state index is 0.118. The van der Waals surface area contributed by atoms with E-state index in [1.54, 1.807) is 6.26 Å². The molecule has 0 bridgehead atoms. The summed E-state index contributed by atoms with van der Waals surface area (Å²) in [4.78, 5) is 14.0. The number of aromatic nitrogens is 1. The molecular weight excluding hydrogens is 266 g/mol. The van der Waals surface area contributed by atoms with Crippen molar-refractivity contribution >= 4 is 33.9 Å². The third kappa shape index (κ3) is 4.66. The summed E-state index contributed by atoms with van der Waals surface area (Å²) in [5.74, 6) is 0.686. The highest BCUT2D eigenvalue weighted by Gasteiger charge is 2.14. The van der Waals surface area contributed by atoms with Crippen LogP contribution in [-0.4, -0.2) is 32.7 Å². The Bertz CT molecular complexity index is 441. The summed E-state index contributed by atoms with van der Waals surface area (Å²) >= 11 is 5.66. The van der Waals surface area contributed by atoms with Gasteiger partial charge in [-0.2, -0.15) is 0 Å². The van der Waals surface area contributed by atoms with Crippen molar-refractivity contribution in [1.29, 1.82) is 0 Å². The number of nitro groups is 1. The van der Waals surface area contributed by atoms with E-state index in [0.29, 0.717) is 18.7 Å². The first-order valence-electron chi connectivity index (χ1n) is 4.85. The molecule has 0 saturated heterocycles. The molecule has 1 rings (SSSR count). The maximum atomic E-state index is 10.8. The van der Waals surface area contributed by atoms with E-state index < -0.39 is 15.7 Å². The van der Waals surface area contributed by atoms with Crippen LogP contribution in [0, 0.1) is 10.1 Å². The standard InChI is InChI=1S/C9H12ClN3O3S/c1-17(16)6-2-5-11-9-7(13(14)15)3-4-8(10)12-9/h3-4H,2,5-6H2,1H3,(H,11,12). The van der Waals surface area contributed by atoms with E-state index in [-0.39, 0.29) is 16.7 Å². The van der Waals surface area contributed by atoms with E-state index in [1.807, 2.05) is 0 Å². The molecule has 0 aliphatic heterocycles. The minimum atomic E-state index is -0.862. The lowest BCUT2D eigenvalue weighted by molar-refractivity contribution is -0.384. The number of anilines is 1. The summed E-state index contributed by atoms with van der Waals surface area (Å²) < 4.78 is 10.8. The highest BCUT2D eigenvalue weighted by atomic mass is 35.5. The summed E-state index contributed by atoms with van der Waals surface area (Å²) in [6.07, 6.45) is 2.26. The van der Waals surface area contributed by atoms with Gasteiger partial charge in [-0.05, 0) is 12.5 Å². The molecule has 94 valence electrons. The fraction of sp³-hybridized carbons (Fsp3) is 0.444. The lowest BCUT2D eigenvalue weighted by atomic mass is 10.4. The second-order valence-electron chi connectivity index (χ2n) is 3.32. The molecule has 0 aliphatic rings. The van der Waals surface area contributed by atoms with Gasteiger partial charge >= 0.3 is 5.69 Å². The summed E-state index contributed by atoms with van der Waals surface area (Å²) in [5.41, 5.74) is -0.118. The molecule has 1 unspecified atom stereocenters. The Morgan fingerprint density at radius 3 is 2.88 bits per heavy atom. The normalized spacial score (nSPS) is 12.1. The van der Waals surface area contributed by atoms with E-state index >= 15 is 0 Å². The molecular formula is C9H12ClN3O3S. The van der Waals surface area contributed by atoms with Gasteiger partial charge in [0, 0.05) is 35.4 Å². The van der Waals surface area contributed by atoms with Crippen molar-refractivity contribution in [3.8, 4) is 0 Å². The zero-order valence-electron chi connectivity index (χ0n) is 9.18. The number of nitrogens with one attached hydrogen (secondary N) is 1. The highest BCUT2D eigenvalue weighted by Crippen LogP contribution is 2.23.